The zero-order chi connectivity index (χ0) is 15.7. The second kappa shape index (κ2) is 5.77. The number of ether oxygens (including phenoxy) is 1. The number of halogens is 1. The molecule has 0 amide bonds. The largest absolute Gasteiger partial charge is 0.545 e. The van der Waals surface area contributed by atoms with Gasteiger partial charge in [-0.25, -0.2) is 4.98 Å². The van der Waals surface area contributed by atoms with Gasteiger partial charge in [-0.15, -0.1) is 0 Å². The highest BCUT2D eigenvalue weighted by atomic mass is 79.9. The maximum Gasteiger partial charge on any atom is 0.119 e. The summed E-state index contributed by atoms with van der Waals surface area (Å²) >= 11 is 3.37. The van der Waals surface area contributed by atoms with Gasteiger partial charge in [0, 0.05) is 21.0 Å². The minimum atomic E-state index is -1.24. The average Bonchev–Trinajstić information content (AvgIpc) is 2.53. The van der Waals surface area contributed by atoms with E-state index in [0.717, 1.165) is 10.0 Å². The molecule has 0 saturated carbocycles. The van der Waals surface area contributed by atoms with Crippen LogP contribution in [0.25, 0.3) is 22.2 Å². The topological polar surface area (TPSA) is 62.2 Å². The first kappa shape index (κ1) is 14.5. The van der Waals surface area contributed by atoms with Crippen LogP contribution in [0.1, 0.15) is 10.4 Å². The third-order valence-electron chi connectivity index (χ3n) is 3.38. The Balaban J connectivity index is 2.25. The van der Waals surface area contributed by atoms with Crippen LogP contribution >= 0.6 is 15.9 Å². The number of hydrogen-bond acceptors (Lipinski definition) is 4. The minimum absolute atomic E-state index is 0.0989. The molecule has 5 heteroatoms. The highest BCUT2D eigenvalue weighted by Gasteiger charge is 2.09. The SMILES string of the molecule is COc1ccc2nc(-c3ccc(Br)cc3)cc(C(=O)[O-])c2c1. The smallest absolute Gasteiger partial charge is 0.119 e. The Labute approximate surface area is 135 Å². The first-order valence-electron chi connectivity index (χ1n) is 6.54. The first-order valence-corrected chi connectivity index (χ1v) is 7.34. The number of benzene rings is 2. The van der Waals surface area contributed by atoms with Gasteiger partial charge in [0.25, 0.3) is 0 Å². The van der Waals surface area contributed by atoms with Crippen LogP contribution < -0.4 is 9.84 Å². The van der Waals surface area contributed by atoms with Gasteiger partial charge in [-0.05, 0) is 36.4 Å². The van der Waals surface area contributed by atoms with Crippen molar-refractivity contribution in [3.05, 3.63) is 58.6 Å². The Morgan fingerprint density at radius 2 is 1.86 bits per heavy atom. The summed E-state index contributed by atoms with van der Waals surface area (Å²) in [6.45, 7) is 0. The summed E-state index contributed by atoms with van der Waals surface area (Å²) < 4.78 is 6.08. The molecule has 2 aromatic carbocycles. The van der Waals surface area contributed by atoms with Crippen molar-refractivity contribution in [3.8, 4) is 17.0 Å². The van der Waals surface area contributed by atoms with Crippen molar-refractivity contribution in [2.24, 2.45) is 0 Å². The number of aromatic carboxylic acids is 1. The predicted molar refractivity (Wildman–Crippen MR) is 85.8 cm³/mol. The molecule has 0 radical (unpaired) electrons. The molecule has 110 valence electrons. The van der Waals surface area contributed by atoms with Crippen LogP contribution in [0.4, 0.5) is 0 Å². The molecule has 0 spiro atoms. The number of carboxylic acid groups (broad SMARTS) is 1. The van der Waals surface area contributed by atoms with E-state index in [1.54, 1.807) is 18.2 Å². The van der Waals surface area contributed by atoms with Crippen LogP contribution in [-0.2, 0) is 0 Å². The first-order chi connectivity index (χ1) is 10.6. The third kappa shape index (κ3) is 2.67. The van der Waals surface area contributed by atoms with Crippen molar-refractivity contribution in [3.63, 3.8) is 0 Å². The van der Waals surface area contributed by atoms with Crippen molar-refractivity contribution < 1.29 is 14.6 Å². The number of hydrogen-bond donors (Lipinski definition) is 0. The van der Waals surface area contributed by atoms with E-state index in [1.165, 1.54) is 13.2 Å². The lowest BCUT2D eigenvalue weighted by Gasteiger charge is -2.12. The minimum Gasteiger partial charge on any atom is -0.545 e. The predicted octanol–water partition coefficient (Wildman–Crippen LogP) is 3.04. The van der Waals surface area contributed by atoms with Crippen molar-refractivity contribution in [2.75, 3.05) is 7.11 Å². The highest BCUT2D eigenvalue weighted by Crippen LogP contribution is 2.28. The van der Waals surface area contributed by atoms with E-state index in [0.29, 0.717) is 22.3 Å². The molecular formula is C17H11BrNO3-. The lowest BCUT2D eigenvalue weighted by molar-refractivity contribution is -0.254. The number of fused-ring (bicyclic) bond motifs is 1. The van der Waals surface area contributed by atoms with E-state index in [4.69, 9.17) is 4.74 Å². The molecule has 0 aliphatic carbocycles. The fraction of sp³-hybridized carbons (Fsp3) is 0.0588. The number of carbonyl (C=O) groups is 1. The molecule has 3 rings (SSSR count). The molecule has 0 bridgehead atoms. The van der Waals surface area contributed by atoms with Gasteiger partial charge in [0.05, 0.1) is 24.3 Å². The highest BCUT2D eigenvalue weighted by molar-refractivity contribution is 9.10. The van der Waals surface area contributed by atoms with Gasteiger partial charge in [-0.3, -0.25) is 0 Å². The van der Waals surface area contributed by atoms with Crippen LogP contribution in [-0.4, -0.2) is 18.1 Å². The summed E-state index contributed by atoms with van der Waals surface area (Å²) in [7, 11) is 1.53. The molecular weight excluding hydrogens is 346 g/mol. The van der Waals surface area contributed by atoms with Gasteiger partial charge >= 0.3 is 0 Å². The number of nitrogens with zero attached hydrogens (tertiary/aromatic N) is 1. The van der Waals surface area contributed by atoms with E-state index >= 15 is 0 Å². The van der Waals surface area contributed by atoms with Crippen molar-refractivity contribution in [1.82, 2.24) is 4.98 Å². The van der Waals surface area contributed by atoms with Gasteiger partial charge in [0.1, 0.15) is 5.75 Å². The Morgan fingerprint density at radius 1 is 1.14 bits per heavy atom. The van der Waals surface area contributed by atoms with Crippen LogP contribution in [0, 0.1) is 0 Å². The van der Waals surface area contributed by atoms with E-state index in [1.807, 2.05) is 24.3 Å². The summed E-state index contributed by atoms with van der Waals surface area (Å²) in [6.07, 6.45) is 0. The zero-order valence-corrected chi connectivity index (χ0v) is 13.3. The molecule has 0 aliphatic rings. The normalized spacial score (nSPS) is 10.6. The molecule has 4 nitrogen and oxygen atoms in total. The summed E-state index contributed by atoms with van der Waals surface area (Å²) in [4.78, 5) is 16.0. The van der Waals surface area contributed by atoms with Gasteiger partial charge in [-0.1, -0.05) is 28.1 Å². The Kier molecular flexibility index (Phi) is 3.81. The molecule has 1 aromatic heterocycles. The fourth-order valence-corrected chi connectivity index (χ4v) is 2.53. The molecule has 0 atom stereocenters. The summed E-state index contributed by atoms with van der Waals surface area (Å²) in [5, 5.41) is 12.0. The van der Waals surface area contributed by atoms with Crippen molar-refractivity contribution in [1.29, 1.82) is 0 Å². The Hall–Kier alpha value is -2.40. The second-order valence-electron chi connectivity index (χ2n) is 4.73. The summed E-state index contributed by atoms with van der Waals surface area (Å²) in [6, 6.07) is 14.2. The van der Waals surface area contributed by atoms with Gasteiger partial charge in [0.2, 0.25) is 0 Å². The van der Waals surface area contributed by atoms with Crippen molar-refractivity contribution in [2.45, 2.75) is 0 Å². The molecule has 0 saturated heterocycles. The molecule has 1 heterocycles. The number of carboxylic acids is 1. The fourth-order valence-electron chi connectivity index (χ4n) is 2.27. The van der Waals surface area contributed by atoms with E-state index in [2.05, 4.69) is 20.9 Å². The maximum atomic E-state index is 11.5. The quantitative estimate of drug-likeness (QED) is 0.723. The van der Waals surface area contributed by atoms with Crippen LogP contribution in [0.5, 0.6) is 5.75 Å². The lowest BCUT2D eigenvalue weighted by Crippen LogP contribution is -2.22. The van der Waals surface area contributed by atoms with E-state index in [9.17, 15) is 9.90 Å². The van der Waals surface area contributed by atoms with Gasteiger partial charge in [-0.2, -0.15) is 0 Å². The molecule has 22 heavy (non-hydrogen) atoms. The van der Waals surface area contributed by atoms with Crippen LogP contribution in [0.2, 0.25) is 0 Å². The number of carbonyl (C=O) groups excluding carboxylic acids is 1. The number of aromatic nitrogens is 1. The van der Waals surface area contributed by atoms with Crippen molar-refractivity contribution >= 4 is 32.8 Å². The third-order valence-corrected chi connectivity index (χ3v) is 3.90. The molecule has 0 aliphatic heterocycles. The van der Waals surface area contributed by atoms with Gasteiger partial charge in [0.15, 0.2) is 0 Å². The molecule has 0 unspecified atom stereocenters. The van der Waals surface area contributed by atoms with E-state index in [-0.39, 0.29) is 5.56 Å². The summed E-state index contributed by atoms with van der Waals surface area (Å²) in [5.74, 6) is -0.660. The standard InChI is InChI=1S/C17H12BrNO3/c1-22-12-6-7-15-13(8-12)14(17(20)21)9-16(19-15)10-2-4-11(18)5-3-10/h2-9H,1H3,(H,20,21)/p-1. The maximum absolute atomic E-state index is 11.5. The Morgan fingerprint density at radius 3 is 2.50 bits per heavy atom. The number of methoxy groups -OCH3 is 1. The zero-order valence-electron chi connectivity index (χ0n) is 11.7. The van der Waals surface area contributed by atoms with Crippen LogP contribution in [0.15, 0.2) is 53.0 Å². The van der Waals surface area contributed by atoms with E-state index < -0.39 is 5.97 Å². The monoisotopic (exact) mass is 356 g/mol. The molecule has 0 fully saturated rings. The Bertz CT molecular complexity index is 860. The average molecular weight is 357 g/mol. The lowest BCUT2D eigenvalue weighted by atomic mass is 10.0. The second-order valence-corrected chi connectivity index (χ2v) is 5.65. The van der Waals surface area contributed by atoms with Gasteiger partial charge < -0.3 is 14.6 Å². The summed E-state index contributed by atoms with van der Waals surface area (Å²) in [5.41, 5.74) is 2.11. The number of pyridine rings is 1. The number of rotatable bonds is 3. The van der Waals surface area contributed by atoms with Crippen LogP contribution in [0.3, 0.4) is 0 Å². The molecule has 0 N–H and O–H groups in total. The molecule has 3 aromatic rings.